The highest BCUT2D eigenvalue weighted by Crippen LogP contribution is 2.38. The number of hydrogen-bond acceptors (Lipinski definition) is 2. The molecule has 1 fully saturated rings. The van der Waals surface area contributed by atoms with Crippen molar-refractivity contribution >= 4 is 0 Å². The number of rotatable bonds is 2. The SMILES string of the molecule is COc1ccc([C@@H]2O[C@@H]2C)cc1. The monoisotopic (exact) mass is 164 g/mol. The largest absolute Gasteiger partial charge is 0.497 e. The maximum Gasteiger partial charge on any atom is 0.118 e. The lowest BCUT2D eigenvalue weighted by Gasteiger charge is -1.99. The molecule has 64 valence electrons. The maximum absolute atomic E-state index is 5.34. The predicted molar refractivity (Wildman–Crippen MR) is 46.3 cm³/mol. The molecule has 0 aromatic heterocycles. The molecule has 0 N–H and O–H groups in total. The summed E-state index contributed by atoms with van der Waals surface area (Å²) in [7, 11) is 1.67. The van der Waals surface area contributed by atoms with E-state index in [0.717, 1.165) is 5.75 Å². The van der Waals surface area contributed by atoms with Gasteiger partial charge in [-0.2, -0.15) is 0 Å². The van der Waals surface area contributed by atoms with E-state index in [0.29, 0.717) is 12.2 Å². The van der Waals surface area contributed by atoms with Crippen molar-refractivity contribution in [1.29, 1.82) is 0 Å². The fourth-order valence-electron chi connectivity index (χ4n) is 1.33. The quantitative estimate of drug-likeness (QED) is 0.625. The highest BCUT2D eigenvalue weighted by molar-refractivity contribution is 5.30. The summed E-state index contributed by atoms with van der Waals surface area (Å²) in [5, 5.41) is 0. The van der Waals surface area contributed by atoms with Crippen LogP contribution in [0, 0.1) is 0 Å². The van der Waals surface area contributed by atoms with Gasteiger partial charge in [-0.15, -0.1) is 0 Å². The zero-order valence-electron chi connectivity index (χ0n) is 7.28. The summed E-state index contributed by atoms with van der Waals surface area (Å²) in [5.74, 6) is 0.895. The van der Waals surface area contributed by atoms with E-state index in [1.165, 1.54) is 5.56 Å². The lowest BCUT2D eigenvalue weighted by molar-refractivity contribution is 0.382. The Hall–Kier alpha value is -1.02. The molecule has 0 radical (unpaired) electrons. The second-order valence-electron chi connectivity index (χ2n) is 3.03. The zero-order chi connectivity index (χ0) is 8.55. The molecule has 0 bridgehead atoms. The highest BCUT2D eigenvalue weighted by Gasteiger charge is 2.35. The molecule has 1 aromatic carbocycles. The summed E-state index contributed by atoms with van der Waals surface area (Å²) in [5.41, 5.74) is 1.24. The molecule has 0 spiro atoms. The van der Waals surface area contributed by atoms with Gasteiger partial charge in [-0.25, -0.2) is 0 Å². The van der Waals surface area contributed by atoms with Gasteiger partial charge in [0.05, 0.1) is 13.2 Å². The van der Waals surface area contributed by atoms with E-state index in [-0.39, 0.29) is 0 Å². The van der Waals surface area contributed by atoms with Gasteiger partial charge in [0.2, 0.25) is 0 Å². The van der Waals surface area contributed by atoms with Crippen LogP contribution in [0.15, 0.2) is 24.3 Å². The van der Waals surface area contributed by atoms with Crippen molar-refractivity contribution in [2.24, 2.45) is 0 Å². The lowest BCUT2D eigenvalue weighted by Crippen LogP contribution is -1.85. The summed E-state index contributed by atoms with van der Waals surface area (Å²) in [4.78, 5) is 0. The average Bonchev–Trinajstić information content (AvgIpc) is 2.83. The normalized spacial score (nSPS) is 26.8. The van der Waals surface area contributed by atoms with E-state index in [2.05, 4.69) is 6.92 Å². The number of hydrogen-bond donors (Lipinski definition) is 0. The molecule has 1 aliphatic heterocycles. The number of ether oxygens (including phenoxy) is 2. The van der Waals surface area contributed by atoms with Crippen LogP contribution in [-0.2, 0) is 4.74 Å². The summed E-state index contributed by atoms with van der Waals surface area (Å²) >= 11 is 0. The van der Waals surface area contributed by atoms with E-state index in [1.54, 1.807) is 7.11 Å². The van der Waals surface area contributed by atoms with Gasteiger partial charge in [-0.05, 0) is 24.6 Å². The third kappa shape index (κ3) is 1.30. The van der Waals surface area contributed by atoms with Crippen molar-refractivity contribution in [3.05, 3.63) is 29.8 Å². The van der Waals surface area contributed by atoms with E-state index < -0.39 is 0 Å². The van der Waals surface area contributed by atoms with E-state index in [4.69, 9.17) is 9.47 Å². The number of benzene rings is 1. The third-order valence-electron chi connectivity index (χ3n) is 2.16. The molecular weight excluding hydrogens is 152 g/mol. The van der Waals surface area contributed by atoms with Crippen LogP contribution in [0.3, 0.4) is 0 Å². The topological polar surface area (TPSA) is 21.8 Å². The Balaban J connectivity index is 2.14. The van der Waals surface area contributed by atoms with Crippen LogP contribution < -0.4 is 4.74 Å². The minimum atomic E-state index is 0.316. The molecule has 0 amide bonds. The molecule has 1 aromatic rings. The third-order valence-corrected chi connectivity index (χ3v) is 2.16. The Morgan fingerprint density at radius 2 is 1.83 bits per heavy atom. The number of epoxide rings is 1. The van der Waals surface area contributed by atoms with Crippen molar-refractivity contribution in [1.82, 2.24) is 0 Å². The smallest absolute Gasteiger partial charge is 0.118 e. The van der Waals surface area contributed by atoms with E-state index in [1.807, 2.05) is 24.3 Å². The van der Waals surface area contributed by atoms with E-state index in [9.17, 15) is 0 Å². The maximum atomic E-state index is 5.34. The molecule has 12 heavy (non-hydrogen) atoms. The first-order valence-electron chi connectivity index (χ1n) is 4.10. The Morgan fingerprint density at radius 3 is 2.25 bits per heavy atom. The van der Waals surface area contributed by atoms with Gasteiger partial charge < -0.3 is 9.47 Å². The molecule has 1 heterocycles. The highest BCUT2D eigenvalue weighted by atomic mass is 16.6. The van der Waals surface area contributed by atoms with Crippen LogP contribution in [0.1, 0.15) is 18.6 Å². The van der Waals surface area contributed by atoms with Crippen molar-refractivity contribution < 1.29 is 9.47 Å². The first-order chi connectivity index (χ1) is 5.81. The Kier molecular flexibility index (Phi) is 1.77. The van der Waals surface area contributed by atoms with Crippen LogP contribution in [0.25, 0.3) is 0 Å². The van der Waals surface area contributed by atoms with Crippen molar-refractivity contribution in [2.45, 2.75) is 19.1 Å². The Bertz CT molecular complexity index is 266. The van der Waals surface area contributed by atoms with Gasteiger partial charge in [0.25, 0.3) is 0 Å². The fourth-order valence-corrected chi connectivity index (χ4v) is 1.33. The van der Waals surface area contributed by atoms with Crippen LogP contribution in [0.2, 0.25) is 0 Å². The first-order valence-corrected chi connectivity index (χ1v) is 4.10. The molecule has 2 heteroatoms. The lowest BCUT2D eigenvalue weighted by atomic mass is 10.1. The Labute approximate surface area is 72.1 Å². The van der Waals surface area contributed by atoms with Crippen LogP contribution in [0.4, 0.5) is 0 Å². The van der Waals surface area contributed by atoms with Crippen molar-refractivity contribution in [2.75, 3.05) is 7.11 Å². The predicted octanol–water partition coefficient (Wildman–Crippen LogP) is 2.16. The minimum absolute atomic E-state index is 0.316. The van der Waals surface area contributed by atoms with Gasteiger partial charge in [-0.3, -0.25) is 0 Å². The molecule has 2 atom stereocenters. The van der Waals surface area contributed by atoms with Gasteiger partial charge in [0.15, 0.2) is 0 Å². The molecule has 1 aliphatic rings. The van der Waals surface area contributed by atoms with Gasteiger partial charge >= 0.3 is 0 Å². The van der Waals surface area contributed by atoms with Crippen LogP contribution in [0.5, 0.6) is 5.75 Å². The standard InChI is InChI=1S/C10H12O2/c1-7-10(12-7)8-3-5-9(11-2)6-4-8/h3-7,10H,1-2H3/t7-,10-/m1/s1. The molecule has 0 aliphatic carbocycles. The van der Waals surface area contributed by atoms with Gasteiger partial charge in [0, 0.05) is 0 Å². The van der Waals surface area contributed by atoms with E-state index >= 15 is 0 Å². The number of methoxy groups -OCH3 is 1. The summed E-state index contributed by atoms with van der Waals surface area (Å²) in [6.45, 7) is 2.08. The average molecular weight is 164 g/mol. The Morgan fingerprint density at radius 1 is 1.25 bits per heavy atom. The van der Waals surface area contributed by atoms with Gasteiger partial charge in [0.1, 0.15) is 11.9 Å². The zero-order valence-corrected chi connectivity index (χ0v) is 7.28. The van der Waals surface area contributed by atoms with Crippen molar-refractivity contribution in [3.8, 4) is 5.75 Å². The summed E-state index contributed by atoms with van der Waals surface area (Å²) in [6.07, 6.45) is 0.703. The first kappa shape index (κ1) is 7.62. The van der Waals surface area contributed by atoms with Crippen LogP contribution >= 0.6 is 0 Å². The molecule has 0 unspecified atom stereocenters. The minimum Gasteiger partial charge on any atom is -0.497 e. The van der Waals surface area contributed by atoms with Gasteiger partial charge in [-0.1, -0.05) is 12.1 Å². The molecule has 2 rings (SSSR count). The second-order valence-corrected chi connectivity index (χ2v) is 3.03. The molecule has 1 saturated heterocycles. The fraction of sp³-hybridized carbons (Fsp3) is 0.400. The molecule has 2 nitrogen and oxygen atoms in total. The van der Waals surface area contributed by atoms with Crippen molar-refractivity contribution in [3.63, 3.8) is 0 Å². The summed E-state index contributed by atoms with van der Waals surface area (Å²) < 4.78 is 10.4. The second kappa shape index (κ2) is 2.79. The van der Waals surface area contributed by atoms with Crippen LogP contribution in [-0.4, -0.2) is 13.2 Å². The molecular formula is C10H12O2. The molecule has 0 saturated carbocycles. The summed E-state index contributed by atoms with van der Waals surface area (Å²) in [6, 6.07) is 8.02.